The molecule has 0 heterocycles. The topological polar surface area (TPSA) is 27.0 Å². The first-order chi connectivity index (χ1) is 8.34. The van der Waals surface area contributed by atoms with Crippen LogP contribution >= 0.6 is 15.9 Å². The molecule has 0 aliphatic carbocycles. The van der Waals surface area contributed by atoms with E-state index in [9.17, 15) is 0 Å². The fourth-order valence-corrected chi connectivity index (χ4v) is 2.42. The lowest BCUT2D eigenvalue weighted by molar-refractivity contribution is 0.258. The average molecular weight is 309 g/mol. The van der Waals surface area contributed by atoms with Gasteiger partial charge in [0.25, 0.3) is 0 Å². The van der Waals surface area contributed by atoms with Gasteiger partial charge in [-0.05, 0) is 57.5 Å². The Labute approximate surface area is 119 Å². The molecule has 0 fully saturated rings. The number of nitriles is 1. The molecule has 0 saturated heterocycles. The summed E-state index contributed by atoms with van der Waals surface area (Å²) in [6.45, 7) is 7.88. The second kappa shape index (κ2) is 6.36. The summed E-state index contributed by atoms with van der Waals surface area (Å²) in [5.74, 6) is 0. The van der Waals surface area contributed by atoms with Crippen LogP contribution in [0.15, 0.2) is 22.7 Å². The highest BCUT2D eigenvalue weighted by Gasteiger charge is 2.18. The molecule has 0 saturated carbocycles. The summed E-state index contributed by atoms with van der Waals surface area (Å²) < 4.78 is 1.13. The number of hydrogen-bond donors (Lipinski definition) is 0. The van der Waals surface area contributed by atoms with Crippen LogP contribution in [0, 0.1) is 23.7 Å². The normalized spacial score (nSPS) is 11.6. The van der Waals surface area contributed by atoms with Gasteiger partial charge in [0.05, 0.1) is 11.5 Å². The largest absolute Gasteiger partial charge is 0.304 e. The number of aryl methyl sites for hydroxylation is 1. The molecule has 0 bridgehead atoms. The first kappa shape index (κ1) is 15.2. The Morgan fingerprint density at radius 3 is 2.67 bits per heavy atom. The Kier molecular flexibility index (Phi) is 5.37. The highest BCUT2D eigenvalue weighted by molar-refractivity contribution is 9.10. The third kappa shape index (κ3) is 4.80. The Morgan fingerprint density at radius 2 is 2.06 bits per heavy atom. The van der Waals surface area contributed by atoms with Gasteiger partial charge in [-0.15, -0.1) is 0 Å². The minimum Gasteiger partial charge on any atom is -0.304 e. The fraction of sp³-hybridized carbons (Fsp3) is 0.533. The lowest BCUT2D eigenvalue weighted by Crippen LogP contribution is -2.31. The molecule has 0 aromatic heterocycles. The molecule has 0 N–H and O–H groups in total. The van der Waals surface area contributed by atoms with Crippen molar-refractivity contribution in [3.05, 3.63) is 33.8 Å². The van der Waals surface area contributed by atoms with Crippen molar-refractivity contribution in [3.63, 3.8) is 0 Å². The van der Waals surface area contributed by atoms with Gasteiger partial charge in [0.15, 0.2) is 0 Å². The summed E-state index contributed by atoms with van der Waals surface area (Å²) in [6.07, 6.45) is 1.02. The Balaban J connectivity index is 2.55. The number of nitrogens with zero attached hydrogens (tertiary/aromatic N) is 2. The summed E-state index contributed by atoms with van der Waals surface area (Å²) in [4.78, 5) is 2.23. The van der Waals surface area contributed by atoms with E-state index in [2.05, 4.69) is 59.1 Å². The van der Waals surface area contributed by atoms with E-state index in [1.54, 1.807) is 0 Å². The zero-order chi connectivity index (χ0) is 13.8. The Hall–Kier alpha value is -0.850. The van der Waals surface area contributed by atoms with Crippen molar-refractivity contribution in [2.75, 3.05) is 20.1 Å². The van der Waals surface area contributed by atoms with Gasteiger partial charge >= 0.3 is 0 Å². The summed E-state index contributed by atoms with van der Waals surface area (Å²) in [6, 6.07) is 8.73. The average Bonchev–Trinajstić information content (AvgIpc) is 2.30. The Morgan fingerprint density at radius 1 is 1.39 bits per heavy atom. The molecule has 1 aromatic rings. The third-order valence-corrected chi connectivity index (χ3v) is 3.54. The molecule has 0 aliphatic rings. The van der Waals surface area contributed by atoms with Gasteiger partial charge in [0.2, 0.25) is 0 Å². The van der Waals surface area contributed by atoms with Crippen LogP contribution in [0.4, 0.5) is 0 Å². The fourth-order valence-electron chi connectivity index (χ4n) is 2.01. The minimum absolute atomic E-state index is 0.277. The molecule has 98 valence electrons. The van der Waals surface area contributed by atoms with E-state index in [1.807, 2.05) is 13.8 Å². The highest BCUT2D eigenvalue weighted by Crippen LogP contribution is 2.18. The molecule has 0 unspecified atom stereocenters. The van der Waals surface area contributed by atoms with Crippen LogP contribution in [-0.4, -0.2) is 25.0 Å². The van der Waals surface area contributed by atoms with Crippen LogP contribution in [-0.2, 0) is 6.42 Å². The van der Waals surface area contributed by atoms with Crippen molar-refractivity contribution in [1.29, 1.82) is 5.26 Å². The van der Waals surface area contributed by atoms with E-state index >= 15 is 0 Å². The predicted octanol–water partition coefficient (Wildman–Crippen LogP) is 3.78. The van der Waals surface area contributed by atoms with Gasteiger partial charge in [-0.25, -0.2) is 0 Å². The number of rotatable bonds is 5. The van der Waals surface area contributed by atoms with Crippen molar-refractivity contribution in [2.45, 2.75) is 27.2 Å². The molecule has 0 aliphatic heterocycles. The smallest absolute Gasteiger partial charge is 0.0697 e. The van der Waals surface area contributed by atoms with E-state index in [4.69, 9.17) is 5.26 Å². The molecule has 1 aromatic carbocycles. The van der Waals surface area contributed by atoms with E-state index in [0.29, 0.717) is 0 Å². The van der Waals surface area contributed by atoms with E-state index < -0.39 is 0 Å². The van der Waals surface area contributed by atoms with Crippen LogP contribution in [0.3, 0.4) is 0 Å². The molecule has 18 heavy (non-hydrogen) atoms. The summed E-state index contributed by atoms with van der Waals surface area (Å²) in [5.41, 5.74) is 2.42. The van der Waals surface area contributed by atoms with E-state index in [1.165, 1.54) is 11.1 Å². The standard InChI is InChI=1S/C15H21BrN2/c1-12-5-6-14(16)9-13(12)7-8-18(4)11-15(2,3)10-17/h5-6,9H,7-8,11H2,1-4H3. The number of benzene rings is 1. The van der Waals surface area contributed by atoms with Gasteiger partial charge in [-0.1, -0.05) is 22.0 Å². The molecule has 0 radical (unpaired) electrons. The number of halogens is 1. The summed E-state index contributed by atoms with van der Waals surface area (Å²) >= 11 is 3.51. The summed E-state index contributed by atoms with van der Waals surface area (Å²) in [5, 5.41) is 9.03. The van der Waals surface area contributed by atoms with Gasteiger partial charge in [-0.2, -0.15) is 5.26 Å². The van der Waals surface area contributed by atoms with Gasteiger partial charge in [0, 0.05) is 17.6 Å². The second-order valence-corrected chi connectivity index (χ2v) is 6.47. The van der Waals surface area contributed by atoms with Gasteiger partial charge in [-0.3, -0.25) is 0 Å². The van der Waals surface area contributed by atoms with Crippen LogP contribution in [0.5, 0.6) is 0 Å². The zero-order valence-electron chi connectivity index (χ0n) is 11.6. The molecule has 0 atom stereocenters. The third-order valence-electron chi connectivity index (χ3n) is 3.04. The van der Waals surface area contributed by atoms with Crippen molar-refractivity contribution in [3.8, 4) is 6.07 Å². The monoisotopic (exact) mass is 308 g/mol. The molecule has 3 heteroatoms. The van der Waals surface area contributed by atoms with Crippen molar-refractivity contribution < 1.29 is 0 Å². The Bertz CT molecular complexity index is 446. The maximum Gasteiger partial charge on any atom is 0.0697 e. The first-order valence-corrected chi connectivity index (χ1v) is 6.98. The van der Waals surface area contributed by atoms with E-state index in [0.717, 1.165) is 24.0 Å². The minimum atomic E-state index is -0.277. The highest BCUT2D eigenvalue weighted by atomic mass is 79.9. The van der Waals surface area contributed by atoms with Crippen LogP contribution in [0.25, 0.3) is 0 Å². The van der Waals surface area contributed by atoms with Crippen LogP contribution < -0.4 is 0 Å². The molecular weight excluding hydrogens is 288 g/mol. The molecule has 1 rings (SSSR count). The number of likely N-dealkylation sites (N-methyl/N-ethyl adjacent to an activating group) is 1. The molecule has 2 nitrogen and oxygen atoms in total. The lowest BCUT2D eigenvalue weighted by atomic mass is 9.95. The van der Waals surface area contributed by atoms with Crippen molar-refractivity contribution in [1.82, 2.24) is 4.90 Å². The van der Waals surface area contributed by atoms with Gasteiger partial charge < -0.3 is 4.90 Å². The van der Waals surface area contributed by atoms with Gasteiger partial charge in [0.1, 0.15) is 0 Å². The van der Waals surface area contributed by atoms with Crippen LogP contribution in [0.2, 0.25) is 0 Å². The molecule has 0 spiro atoms. The second-order valence-electron chi connectivity index (χ2n) is 5.55. The lowest BCUT2D eigenvalue weighted by Gasteiger charge is -2.24. The SMILES string of the molecule is Cc1ccc(Br)cc1CCN(C)CC(C)(C)C#N. The maximum atomic E-state index is 9.03. The first-order valence-electron chi connectivity index (χ1n) is 6.19. The van der Waals surface area contributed by atoms with Crippen LogP contribution in [0.1, 0.15) is 25.0 Å². The maximum absolute atomic E-state index is 9.03. The molecular formula is C15H21BrN2. The van der Waals surface area contributed by atoms with E-state index in [-0.39, 0.29) is 5.41 Å². The predicted molar refractivity (Wildman–Crippen MR) is 79.5 cm³/mol. The van der Waals surface area contributed by atoms with Crippen molar-refractivity contribution >= 4 is 15.9 Å². The zero-order valence-corrected chi connectivity index (χ0v) is 13.2. The number of hydrogen-bond acceptors (Lipinski definition) is 2. The van der Waals surface area contributed by atoms with Crippen molar-refractivity contribution in [2.24, 2.45) is 5.41 Å². The molecule has 0 amide bonds. The summed E-state index contributed by atoms with van der Waals surface area (Å²) in [7, 11) is 2.08. The quantitative estimate of drug-likeness (QED) is 0.827.